The minimum atomic E-state index is 1.04. The molecule has 0 N–H and O–H groups in total. The van der Waals surface area contributed by atoms with Crippen LogP contribution in [0.25, 0.3) is 11.1 Å². The molecule has 0 aliphatic carbocycles. The summed E-state index contributed by atoms with van der Waals surface area (Å²) in [4.78, 5) is 4.03. The van der Waals surface area contributed by atoms with Gasteiger partial charge in [0.25, 0.3) is 0 Å². The van der Waals surface area contributed by atoms with Gasteiger partial charge in [-0.3, -0.25) is 4.98 Å². The molecule has 0 aliphatic rings. The summed E-state index contributed by atoms with van der Waals surface area (Å²) in [7, 11) is 0. The van der Waals surface area contributed by atoms with Crippen molar-refractivity contribution in [3.05, 3.63) is 51.7 Å². The van der Waals surface area contributed by atoms with Crippen LogP contribution in [0.5, 0.6) is 0 Å². The van der Waals surface area contributed by atoms with E-state index in [1.807, 2.05) is 24.4 Å². The van der Waals surface area contributed by atoms with Gasteiger partial charge >= 0.3 is 0 Å². The van der Waals surface area contributed by atoms with Crippen molar-refractivity contribution in [3.8, 4) is 11.1 Å². The van der Waals surface area contributed by atoms with Crippen LogP contribution in [-0.4, -0.2) is 4.98 Å². The van der Waals surface area contributed by atoms with Crippen molar-refractivity contribution >= 4 is 31.9 Å². The van der Waals surface area contributed by atoms with Gasteiger partial charge in [-0.2, -0.15) is 0 Å². The van der Waals surface area contributed by atoms with Gasteiger partial charge in [0, 0.05) is 33.0 Å². The second-order valence-electron chi connectivity index (χ2n) is 2.80. The van der Waals surface area contributed by atoms with Crippen LogP contribution in [0.15, 0.2) is 45.6 Å². The van der Waals surface area contributed by atoms with Crippen LogP contribution < -0.4 is 0 Å². The third-order valence-corrected chi connectivity index (χ3v) is 3.73. The molecule has 1 aromatic heterocycles. The van der Waals surface area contributed by atoms with Gasteiger partial charge in [0.2, 0.25) is 0 Å². The largest absolute Gasteiger partial charge is 0.263 e. The zero-order valence-electron chi connectivity index (χ0n) is 7.17. The lowest BCUT2D eigenvalue weighted by Gasteiger charge is -2.02. The minimum Gasteiger partial charge on any atom is -0.263 e. The number of halogens is 2. The van der Waals surface area contributed by atoms with E-state index >= 15 is 0 Å². The van der Waals surface area contributed by atoms with Crippen molar-refractivity contribution in [2.75, 3.05) is 0 Å². The summed E-state index contributed by atoms with van der Waals surface area (Å²) in [5.41, 5.74) is 2.20. The molecule has 3 heteroatoms. The van der Waals surface area contributed by atoms with Crippen LogP contribution in [0.1, 0.15) is 0 Å². The maximum atomic E-state index is 4.03. The van der Waals surface area contributed by atoms with Gasteiger partial charge < -0.3 is 0 Å². The van der Waals surface area contributed by atoms with Crippen LogP contribution in [0.3, 0.4) is 0 Å². The average molecular weight is 312 g/mol. The Morgan fingerprint density at radius 3 is 2.57 bits per heavy atom. The van der Waals surface area contributed by atoms with Crippen molar-refractivity contribution in [2.45, 2.75) is 0 Å². The van der Waals surface area contributed by atoms with E-state index in [0.717, 1.165) is 20.1 Å². The van der Waals surface area contributed by atoms with E-state index in [1.165, 1.54) is 0 Å². The molecule has 0 atom stereocenters. The van der Waals surface area contributed by atoms with E-state index in [0.29, 0.717) is 0 Å². The smallest absolute Gasteiger partial charge is 0.0347 e. The predicted molar refractivity (Wildman–Crippen MR) is 63.9 cm³/mol. The lowest BCUT2D eigenvalue weighted by atomic mass is 10.1. The highest BCUT2D eigenvalue weighted by Gasteiger charge is 2.00. The number of pyridine rings is 1. The predicted octanol–water partition coefficient (Wildman–Crippen LogP) is 4.07. The molecule has 69 valence electrons. The molecule has 2 aromatic rings. The highest BCUT2D eigenvalue weighted by molar-refractivity contribution is 9.13. The highest BCUT2D eigenvalue weighted by atomic mass is 79.9. The van der Waals surface area contributed by atoms with Crippen molar-refractivity contribution < 1.29 is 0 Å². The van der Waals surface area contributed by atoms with Crippen LogP contribution in [0.4, 0.5) is 0 Å². The van der Waals surface area contributed by atoms with Gasteiger partial charge in [0.05, 0.1) is 0 Å². The fourth-order valence-corrected chi connectivity index (χ4v) is 1.78. The van der Waals surface area contributed by atoms with Gasteiger partial charge in [-0.1, -0.05) is 6.07 Å². The van der Waals surface area contributed by atoms with E-state index in [1.54, 1.807) is 6.20 Å². The topological polar surface area (TPSA) is 12.9 Å². The normalized spacial score (nSPS) is 10.1. The fraction of sp³-hybridized carbons (Fsp3) is 0. The summed E-state index contributed by atoms with van der Waals surface area (Å²) in [5, 5.41) is 0. The first-order valence-electron chi connectivity index (χ1n) is 4.04. The van der Waals surface area contributed by atoms with Crippen molar-refractivity contribution in [1.29, 1.82) is 0 Å². The molecular weight excluding hydrogens is 306 g/mol. The van der Waals surface area contributed by atoms with Gasteiger partial charge in [-0.25, -0.2) is 0 Å². The Kier molecular flexibility index (Phi) is 2.99. The SMILES string of the molecule is Brc1ccc(-c2c[c]cnc2)cc1Br. The van der Waals surface area contributed by atoms with Gasteiger partial charge in [0.1, 0.15) is 0 Å². The van der Waals surface area contributed by atoms with E-state index in [-0.39, 0.29) is 0 Å². The van der Waals surface area contributed by atoms with E-state index in [4.69, 9.17) is 0 Å². The number of benzene rings is 1. The molecule has 1 radical (unpaired) electrons. The Morgan fingerprint density at radius 1 is 1.07 bits per heavy atom. The number of hydrogen-bond donors (Lipinski definition) is 0. The molecule has 0 bridgehead atoms. The molecule has 0 spiro atoms. The molecule has 0 amide bonds. The zero-order valence-corrected chi connectivity index (χ0v) is 10.3. The summed E-state index contributed by atoms with van der Waals surface area (Å²) in [6, 6.07) is 11.0. The summed E-state index contributed by atoms with van der Waals surface area (Å²) in [6.45, 7) is 0. The molecule has 2 rings (SSSR count). The molecule has 0 aliphatic heterocycles. The molecular formula is C11H6Br2N. The minimum absolute atomic E-state index is 1.04. The van der Waals surface area contributed by atoms with Gasteiger partial charge in [0.15, 0.2) is 0 Å². The zero-order chi connectivity index (χ0) is 9.97. The van der Waals surface area contributed by atoms with Crippen LogP contribution in [0, 0.1) is 6.07 Å². The molecule has 0 unspecified atom stereocenters. The Hall–Kier alpha value is -0.670. The van der Waals surface area contributed by atoms with Crippen LogP contribution in [0.2, 0.25) is 0 Å². The highest BCUT2D eigenvalue weighted by Crippen LogP contribution is 2.28. The molecule has 0 fully saturated rings. The lowest BCUT2D eigenvalue weighted by Crippen LogP contribution is -1.79. The average Bonchev–Trinajstić information content (AvgIpc) is 2.23. The molecule has 1 aromatic carbocycles. The number of rotatable bonds is 1. The molecule has 14 heavy (non-hydrogen) atoms. The van der Waals surface area contributed by atoms with Crippen molar-refractivity contribution in [1.82, 2.24) is 4.98 Å². The van der Waals surface area contributed by atoms with E-state index < -0.39 is 0 Å². The Balaban J connectivity index is 2.48. The van der Waals surface area contributed by atoms with Crippen LogP contribution in [-0.2, 0) is 0 Å². The third-order valence-electron chi connectivity index (χ3n) is 1.85. The van der Waals surface area contributed by atoms with Gasteiger partial charge in [-0.15, -0.1) is 0 Å². The van der Waals surface area contributed by atoms with Crippen molar-refractivity contribution in [2.24, 2.45) is 0 Å². The Bertz CT molecular complexity index is 440. The first-order valence-corrected chi connectivity index (χ1v) is 5.62. The quantitative estimate of drug-likeness (QED) is 0.773. The maximum absolute atomic E-state index is 4.03. The number of hydrogen-bond acceptors (Lipinski definition) is 1. The van der Waals surface area contributed by atoms with Crippen LogP contribution >= 0.6 is 31.9 Å². The van der Waals surface area contributed by atoms with Gasteiger partial charge in [-0.05, 0) is 55.6 Å². The second-order valence-corrected chi connectivity index (χ2v) is 4.51. The molecule has 1 nitrogen and oxygen atoms in total. The number of aromatic nitrogens is 1. The summed E-state index contributed by atoms with van der Waals surface area (Å²) >= 11 is 6.90. The van der Waals surface area contributed by atoms with E-state index in [2.05, 4.69) is 49.0 Å². The third kappa shape index (κ3) is 2.04. The lowest BCUT2D eigenvalue weighted by molar-refractivity contribution is 1.32. The standard InChI is InChI=1S/C11H6Br2N/c12-10-4-3-8(6-11(10)13)9-2-1-5-14-7-9/h2-7H. The molecule has 1 heterocycles. The van der Waals surface area contributed by atoms with E-state index in [9.17, 15) is 0 Å². The maximum Gasteiger partial charge on any atom is 0.0347 e. The first-order chi connectivity index (χ1) is 6.77. The first kappa shape index (κ1) is 9.87. The summed E-state index contributed by atoms with van der Waals surface area (Å²) in [6.07, 6.45) is 3.48. The summed E-state index contributed by atoms with van der Waals surface area (Å²) < 4.78 is 2.09. The molecule has 0 saturated heterocycles. The molecule has 0 saturated carbocycles. The number of nitrogens with zero attached hydrogens (tertiary/aromatic N) is 1. The second kappa shape index (κ2) is 4.24. The Labute approximate surface area is 99.4 Å². The fourth-order valence-electron chi connectivity index (χ4n) is 1.16. The monoisotopic (exact) mass is 310 g/mol. The van der Waals surface area contributed by atoms with Crippen molar-refractivity contribution in [3.63, 3.8) is 0 Å². The Morgan fingerprint density at radius 2 is 1.93 bits per heavy atom. The summed E-state index contributed by atoms with van der Waals surface area (Å²) in [5.74, 6) is 0.